The van der Waals surface area contributed by atoms with Gasteiger partial charge in [-0.1, -0.05) is 30.3 Å². The van der Waals surface area contributed by atoms with Crippen molar-refractivity contribution in [3.63, 3.8) is 0 Å². The Morgan fingerprint density at radius 2 is 1.67 bits per heavy atom. The lowest BCUT2D eigenvalue weighted by atomic mass is 9.99. The Hall–Kier alpha value is -2.38. The molecule has 0 aliphatic carbocycles. The number of amides is 1. The first kappa shape index (κ1) is 19.7. The van der Waals surface area contributed by atoms with Crippen LogP contribution in [0.1, 0.15) is 15.9 Å². The summed E-state index contributed by atoms with van der Waals surface area (Å²) in [5.41, 5.74) is 12.5. The highest BCUT2D eigenvalue weighted by Crippen LogP contribution is 2.30. The molecule has 0 aliphatic heterocycles. The molecule has 1 amide bonds. The van der Waals surface area contributed by atoms with Gasteiger partial charge in [-0.25, -0.2) is 8.42 Å². The van der Waals surface area contributed by atoms with Crippen LogP contribution in [0.15, 0.2) is 52.4 Å². The van der Waals surface area contributed by atoms with Gasteiger partial charge >= 0.3 is 0 Å². The number of carbonyl (C=O) groups is 1. The van der Waals surface area contributed by atoms with E-state index in [9.17, 15) is 13.2 Å². The van der Waals surface area contributed by atoms with Crippen LogP contribution in [-0.2, 0) is 9.84 Å². The lowest BCUT2D eigenvalue weighted by Crippen LogP contribution is -2.24. The Balaban J connectivity index is 0.00000288. The molecule has 0 bridgehead atoms. The predicted octanol–water partition coefficient (Wildman–Crippen LogP) is 1.90. The standard InChI is InChI=1S/C16H17N3O3S.ClH/c1-10-8-13(11-6-4-3-5-7-11)14(23(2,21)22)9-12(10)15(20)19-16(17)18;/h3-9H,1-2H3,(H4,17,18,19,20);1H. The predicted molar refractivity (Wildman–Crippen MR) is 97.1 cm³/mol. The largest absolute Gasteiger partial charge is 0.370 e. The third-order valence-electron chi connectivity index (χ3n) is 3.27. The molecule has 0 spiro atoms. The van der Waals surface area contributed by atoms with E-state index in [0.29, 0.717) is 11.1 Å². The first-order valence-electron chi connectivity index (χ1n) is 6.74. The van der Waals surface area contributed by atoms with Crippen LogP contribution < -0.4 is 11.5 Å². The van der Waals surface area contributed by atoms with Crippen LogP contribution in [-0.4, -0.2) is 26.5 Å². The summed E-state index contributed by atoms with van der Waals surface area (Å²) in [6.07, 6.45) is 1.10. The molecule has 24 heavy (non-hydrogen) atoms. The summed E-state index contributed by atoms with van der Waals surface area (Å²) in [6.45, 7) is 1.70. The number of sulfone groups is 1. The van der Waals surface area contributed by atoms with E-state index < -0.39 is 15.7 Å². The van der Waals surface area contributed by atoms with E-state index in [4.69, 9.17) is 11.5 Å². The number of nitrogens with zero attached hydrogens (tertiary/aromatic N) is 1. The summed E-state index contributed by atoms with van der Waals surface area (Å²) in [5, 5.41) is 0. The number of hydrogen-bond donors (Lipinski definition) is 2. The third kappa shape index (κ3) is 4.33. The van der Waals surface area contributed by atoms with Crippen LogP contribution in [0.4, 0.5) is 0 Å². The summed E-state index contributed by atoms with van der Waals surface area (Å²) in [6, 6.07) is 12.1. The molecule has 2 rings (SSSR count). The van der Waals surface area contributed by atoms with E-state index in [1.807, 2.05) is 18.2 Å². The van der Waals surface area contributed by atoms with E-state index in [1.165, 1.54) is 6.07 Å². The molecule has 2 aromatic carbocycles. The van der Waals surface area contributed by atoms with Gasteiger partial charge in [0.25, 0.3) is 5.91 Å². The molecule has 0 saturated heterocycles. The monoisotopic (exact) mass is 367 g/mol. The van der Waals surface area contributed by atoms with Gasteiger partial charge in [0, 0.05) is 17.4 Å². The lowest BCUT2D eigenvalue weighted by Gasteiger charge is -2.12. The number of aliphatic imine (C=N–C) groups is 1. The number of benzene rings is 2. The molecular weight excluding hydrogens is 350 g/mol. The van der Waals surface area contributed by atoms with Crippen molar-refractivity contribution in [1.82, 2.24) is 0 Å². The first-order chi connectivity index (χ1) is 10.7. The third-order valence-corrected chi connectivity index (χ3v) is 4.41. The molecule has 4 N–H and O–H groups in total. The number of guanidine groups is 1. The van der Waals surface area contributed by atoms with Gasteiger partial charge in [-0.05, 0) is 30.2 Å². The molecule has 0 fully saturated rings. The molecule has 0 atom stereocenters. The Labute approximate surface area is 146 Å². The van der Waals surface area contributed by atoms with Gasteiger partial charge in [0.2, 0.25) is 0 Å². The molecule has 2 aromatic rings. The molecule has 0 aromatic heterocycles. The van der Waals surface area contributed by atoms with Crippen molar-refractivity contribution in [2.75, 3.05) is 6.26 Å². The summed E-state index contributed by atoms with van der Waals surface area (Å²) in [5.74, 6) is -1.05. The number of rotatable bonds is 3. The summed E-state index contributed by atoms with van der Waals surface area (Å²) < 4.78 is 24.3. The Bertz CT molecular complexity index is 890. The average Bonchev–Trinajstić information content (AvgIpc) is 2.45. The summed E-state index contributed by atoms with van der Waals surface area (Å²) in [7, 11) is -3.55. The van der Waals surface area contributed by atoms with E-state index in [2.05, 4.69) is 4.99 Å². The van der Waals surface area contributed by atoms with Crippen LogP contribution in [0.2, 0.25) is 0 Å². The SMILES string of the molecule is Cc1cc(-c2ccccc2)c(S(C)(=O)=O)cc1C(=O)N=C(N)N.Cl. The highest BCUT2D eigenvalue weighted by molar-refractivity contribution is 7.90. The van der Waals surface area contributed by atoms with Gasteiger partial charge < -0.3 is 11.5 Å². The molecule has 0 aliphatic rings. The second-order valence-electron chi connectivity index (χ2n) is 5.14. The fraction of sp³-hybridized carbons (Fsp3) is 0.125. The van der Waals surface area contributed by atoms with Crippen LogP contribution in [0.25, 0.3) is 11.1 Å². The molecule has 6 nitrogen and oxygen atoms in total. The van der Waals surface area contributed by atoms with Crippen molar-refractivity contribution in [2.24, 2.45) is 16.5 Å². The molecule has 8 heteroatoms. The van der Waals surface area contributed by atoms with Crippen molar-refractivity contribution < 1.29 is 13.2 Å². The van der Waals surface area contributed by atoms with Crippen LogP contribution in [0, 0.1) is 6.92 Å². The summed E-state index contributed by atoms with van der Waals surface area (Å²) in [4.78, 5) is 15.6. The van der Waals surface area contributed by atoms with E-state index in [0.717, 1.165) is 11.8 Å². The minimum Gasteiger partial charge on any atom is -0.370 e. The average molecular weight is 368 g/mol. The van der Waals surface area contributed by atoms with Crippen molar-refractivity contribution >= 4 is 34.1 Å². The van der Waals surface area contributed by atoms with Crippen molar-refractivity contribution in [1.29, 1.82) is 0 Å². The van der Waals surface area contributed by atoms with Gasteiger partial charge in [-0.15, -0.1) is 12.4 Å². The Kier molecular flexibility index (Phi) is 6.11. The fourth-order valence-corrected chi connectivity index (χ4v) is 3.15. The Morgan fingerprint density at radius 3 is 2.17 bits per heavy atom. The maximum atomic E-state index is 12.1. The number of aryl methyl sites for hydroxylation is 1. The van der Waals surface area contributed by atoms with Crippen molar-refractivity contribution in [3.05, 3.63) is 53.6 Å². The van der Waals surface area contributed by atoms with Crippen LogP contribution >= 0.6 is 12.4 Å². The highest BCUT2D eigenvalue weighted by atomic mass is 35.5. The zero-order valence-electron chi connectivity index (χ0n) is 13.2. The van der Waals surface area contributed by atoms with Gasteiger partial charge in [-0.2, -0.15) is 4.99 Å². The topological polar surface area (TPSA) is 116 Å². The normalized spacial score (nSPS) is 10.6. The molecule has 128 valence electrons. The first-order valence-corrected chi connectivity index (χ1v) is 8.63. The highest BCUT2D eigenvalue weighted by Gasteiger charge is 2.20. The molecular formula is C16H18ClN3O3S. The zero-order valence-corrected chi connectivity index (χ0v) is 14.8. The van der Waals surface area contributed by atoms with Crippen molar-refractivity contribution in [2.45, 2.75) is 11.8 Å². The quantitative estimate of drug-likeness (QED) is 0.634. The second-order valence-corrected chi connectivity index (χ2v) is 7.13. The number of hydrogen-bond acceptors (Lipinski definition) is 3. The smallest absolute Gasteiger partial charge is 0.280 e. The number of nitrogens with two attached hydrogens (primary N) is 2. The minimum absolute atomic E-state index is 0. The van der Waals surface area contributed by atoms with E-state index in [-0.39, 0.29) is 28.8 Å². The molecule has 0 heterocycles. The number of halogens is 1. The fourth-order valence-electron chi connectivity index (χ4n) is 2.25. The maximum Gasteiger partial charge on any atom is 0.280 e. The van der Waals surface area contributed by atoms with Crippen LogP contribution in [0.5, 0.6) is 0 Å². The van der Waals surface area contributed by atoms with Crippen LogP contribution in [0.3, 0.4) is 0 Å². The van der Waals surface area contributed by atoms with Gasteiger partial charge in [0.05, 0.1) is 4.90 Å². The Morgan fingerprint density at radius 1 is 1.08 bits per heavy atom. The van der Waals surface area contributed by atoms with E-state index >= 15 is 0 Å². The number of carbonyl (C=O) groups excluding carboxylic acids is 1. The van der Waals surface area contributed by atoms with Gasteiger partial charge in [-0.3, -0.25) is 4.79 Å². The maximum absolute atomic E-state index is 12.1. The zero-order chi connectivity index (χ0) is 17.2. The second kappa shape index (κ2) is 7.46. The van der Waals surface area contributed by atoms with E-state index in [1.54, 1.807) is 25.1 Å². The lowest BCUT2D eigenvalue weighted by molar-refractivity contribution is 0.100. The molecule has 0 radical (unpaired) electrons. The minimum atomic E-state index is -3.55. The molecule has 0 unspecified atom stereocenters. The summed E-state index contributed by atoms with van der Waals surface area (Å²) >= 11 is 0. The molecule has 0 saturated carbocycles. The van der Waals surface area contributed by atoms with Gasteiger partial charge in [0.1, 0.15) is 0 Å². The van der Waals surface area contributed by atoms with Gasteiger partial charge in [0.15, 0.2) is 15.8 Å². The van der Waals surface area contributed by atoms with Crippen molar-refractivity contribution in [3.8, 4) is 11.1 Å².